The van der Waals surface area contributed by atoms with Crippen molar-refractivity contribution < 1.29 is 26.7 Å². The number of benzene rings is 3. The van der Waals surface area contributed by atoms with E-state index in [9.17, 15) is 13.0 Å². The SMILES string of the molecule is CCC(=Cc1oc2ccc(-c3ccccc3)cc2[n+]1CCS(=O)(=O)[O-])C=C1Nc2cc(Cl)ccc2O1. The third-order valence-electron chi connectivity index (χ3n) is 5.86. The monoisotopic (exact) mass is 522 g/mol. The summed E-state index contributed by atoms with van der Waals surface area (Å²) in [5, 5.41) is 3.79. The number of allylic oxidation sites excluding steroid dienone is 2. The van der Waals surface area contributed by atoms with Crippen LogP contribution in [0.1, 0.15) is 19.2 Å². The smallest absolute Gasteiger partial charge is 0.374 e. The number of ether oxygens (including phenoxy) is 1. The molecule has 0 unspecified atom stereocenters. The maximum Gasteiger partial charge on any atom is 0.374 e. The second kappa shape index (κ2) is 9.81. The molecule has 7 nitrogen and oxygen atoms in total. The maximum atomic E-state index is 11.4. The number of aromatic nitrogens is 1. The van der Waals surface area contributed by atoms with Crippen molar-refractivity contribution in [3.63, 3.8) is 0 Å². The van der Waals surface area contributed by atoms with Gasteiger partial charge in [-0.3, -0.25) is 0 Å². The molecule has 3 aromatic carbocycles. The first kappa shape index (κ1) is 24.1. The number of anilines is 1. The molecule has 0 saturated heterocycles. The molecule has 0 atom stereocenters. The van der Waals surface area contributed by atoms with E-state index in [-0.39, 0.29) is 6.54 Å². The minimum Gasteiger partial charge on any atom is -0.748 e. The zero-order chi connectivity index (χ0) is 25.3. The molecule has 9 heteroatoms. The van der Waals surface area contributed by atoms with E-state index in [0.717, 1.165) is 22.4 Å². The lowest BCUT2D eigenvalue weighted by molar-refractivity contribution is -0.673. The van der Waals surface area contributed by atoms with Crippen LogP contribution in [0.25, 0.3) is 28.3 Å². The van der Waals surface area contributed by atoms with Gasteiger partial charge in [0.2, 0.25) is 5.58 Å². The molecule has 184 valence electrons. The van der Waals surface area contributed by atoms with Crippen LogP contribution in [-0.4, -0.2) is 18.7 Å². The Balaban J connectivity index is 1.55. The van der Waals surface area contributed by atoms with Crippen molar-refractivity contribution in [1.82, 2.24) is 0 Å². The second-order valence-electron chi connectivity index (χ2n) is 8.35. The van der Waals surface area contributed by atoms with Gasteiger partial charge in [0.05, 0.1) is 17.5 Å². The van der Waals surface area contributed by atoms with Gasteiger partial charge in [-0.2, -0.15) is 4.57 Å². The van der Waals surface area contributed by atoms with E-state index in [1.54, 1.807) is 22.8 Å². The molecular formula is C27H23ClN2O5S. The summed E-state index contributed by atoms with van der Waals surface area (Å²) in [6, 6.07) is 20.9. The van der Waals surface area contributed by atoms with Gasteiger partial charge in [-0.25, -0.2) is 8.42 Å². The van der Waals surface area contributed by atoms with Crippen LogP contribution in [0.15, 0.2) is 88.7 Å². The number of rotatable bonds is 7. The first-order valence-corrected chi connectivity index (χ1v) is 13.4. The van der Waals surface area contributed by atoms with Crippen LogP contribution in [0.5, 0.6) is 5.75 Å². The van der Waals surface area contributed by atoms with Crippen molar-refractivity contribution in [3.05, 3.63) is 95.2 Å². The van der Waals surface area contributed by atoms with Gasteiger partial charge in [0.1, 0.15) is 10.1 Å². The van der Waals surface area contributed by atoms with Crippen molar-refractivity contribution in [1.29, 1.82) is 0 Å². The van der Waals surface area contributed by atoms with Crippen molar-refractivity contribution >= 4 is 44.6 Å². The van der Waals surface area contributed by atoms with E-state index >= 15 is 0 Å². The Morgan fingerprint density at radius 2 is 1.89 bits per heavy atom. The largest absolute Gasteiger partial charge is 0.748 e. The molecule has 1 aliphatic rings. The Kier molecular flexibility index (Phi) is 6.57. The fourth-order valence-corrected chi connectivity index (χ4v) is 4.63. The molecule has 0 spiro atoms. The average Bonchev–Trinajstić information content (AvgIpc) is 3.41. The van der Waals surface area contributed by atoms with Crippen LogP contribution in [0.2, 0.25) is 5.02 Å². The molecule has 1 N–H and O–H groups in total. The van der Waals surface area contributed by atoms with E-state index < -0.39 is 15.9 Å². The fourth-order valence-electron chi connectivity index (χ4n) is 4.06. The molecule has 0 amide bonds. The van der Waals surface area contributed by atoms with Gasteiger partial charge in [0.15, 0.2) is 18.2 Å². The van der Waals surface area contributed by atoms with Gasteiger partial charge in [0.25, 0.3) is 5.52 Å². The van der Waals surface area contributed by atoms with Crippen LogP contribution < -0.4 is 14.6 Å². The highest BCUT2D eigenvalue weighted by molar-refractivity contribution is 7.85. The Hall–Kier alpha value is -3.59. The summed E-state index contributed by atoms with van der Waals surface area (Å²) in [7, 11) is -4.42. The van der Waals surface area contributed by atoms with E-state index in [1.165, 1.54) is 0 Å². The maximum absolute atomic E-state index is 11.4. The normalized spacial score (nSPS) is 14.6. The zero-order valence-electron chi connectivity index (χ0n) is 19.4. The third-order valence-corrected chi connectivity index (χ3v) is 6.77. The summed E-state index contributed by atoms with van der Waals surface area (Å²) in [4.78, 5) is 0. The molecule has 0 bridgehead atoms. The molecule has 1 aliphatic heterocycles. The standard InChI is InChI=1S/C27H23ClN2O5S/c1-2-18(14-26-29-22-17-21(28)9-11-24(22)34-26)15-27-30(12-13-36(31,32)33)23-16-20(8-10-25(23)35-27)19-6-4-3-5-7-19/h3-11,14-17H,2,12-13H2,1H3,(H,31,32,33). The lowest BCUT2D eigenvalue weighted by atomic mass is 10.1. The number of nitrogens with one attached hydrogen (secondary N) is 1. The van der Waals surface area contributed by atoms with Crippen LogP contribution in [-0.2, 0) is 16.7 Å². The summed E-state index contributed by atoms with van der Waals surface area (Å²) in [6.45, 7) is 1.96. The summed E-state index contributed by atoms with van der Waals surface area (Å²) >= 11 is 6.07. The number of nitrogens with zero attached hydrogens (tertiary/aromatic N) is 1. The molecule has 0 saturated carbocycles. The topological polar surface area (TPSA) is 95.5 Å². The van der Waals surface area contributed by atoms with E-state index in [0.29, 0.717) is 40.1 Å². The van der Waals surface area contributed by atoms with Gasteiger partial charge >= 0.3 is 5.89 Å². The van der Waals surface area contributed by atoms with Crippen molar-refractivity contribution in [2.75, 3.05) is 11.1 Å². The van der Waals surface area contributed by atoms with Gasteiger partial charge in [-0.05, 0) is 47.4 Å². The molecule has 4 aromatic rings. The van der Waals surface area contributed by atoms with Crippen molar-refractivity contribution in [2.45, 2.75) is 19.9 Å². The van der Waals surface area contributed by atoms with Gasteiger partial charge in [-0.15, -0.1) is 0 Å². The summed E-state index contributed by atoms with van der Waals surface area (Å²) in [5.41, 5.74) is 4.91. The average molecular weight is 523 g/mol. The quantitative estimate of drug-likeness (QED) is 0.246. The summed E-state index contributed by atoms with van der Waals surface area (Å²) in [5.74, 6) is 1.10. The number of oxazole rings is 1. The first-order valence-electron chi connectivity index (χ1n) is 11.4. The molecule has 1 aromatic heterocycles. The molecule has 0 aliphatic carbocycles. The second-order valence-corrected chi connectivity index (χ2v) is 10.3. The summed E-state index contributed by atoms with van der Waals surface area (Å²) < 4.78 is 48.0. The Morgan fingerprint density at radius 1 is 1.08 bits per heavy atom. The van der Waals surface area contributed by atoms with Gasteiger partial charge in [-0.1, -0.05) is 54.9 Å². The first-order chi connectivity index (χ1) is 17.3. The Labute approximate surface area is 214 Å². The molecule has 5 rings (SSSR count). The van der Waals surface area contributed by atoms with Crippen LogP contribution in [0, 0.1) is 0 Å². The number of fused-ring (bicyclic) bond motifs is 2. The lowest BCUT2D eigenvalue weighted by Gasteiger charge is -2.04. The molecule has 0 fully saturated rings. The summed E-state index contributed by atoms with van der Waals surface area (Å²) in [6.07, 6.45) is 4.33. The number of hydrogen-bond acceptors (Lipinski definition) is 6. The Bertz CT molecular complexity index is 1610. The highest BCUT2D eigenvalue weighted by Crippen LogP contribution is 2.36. The number of hydrogen-bond donors (Lipinski definition) is 1. The Morgan fingerprint density at radius 3 is 2.64 bits per heavy atom. The predicted octanol–water partition coefficient (Wildman–Crippen LogP) is 5.73. The fraction of sp³-hybridized carbons (Fsp3) is 0.148. The minimum atomic E-state index is -4.42. The lowest BCUT2D eigenvalue weighted by Crippen LogP contribution is -2.38. The number of aryl methyl sites for hydroxylation is 1. The highest BCUT2D eigenvalue weighted by Gasteiger charge is 2.23. The van der Waals surface area contributed by atoms with E-state index in [1.807, 2.05) is 67.6 Å². The van der Waals surface area contributed by atoms with E-state index in [4.69, 9.17) is 20.8 Å². The van der Waals surface area contributed by atoms with Crippen LogP contribution >= 0.6 is 11.6 Å². The van der Waals surface area contributed by atoms with Crippen molar-refractivity contribution in [2.24, 2.45) is 0 Å². The van der Waals surface area contributed by atoms with Gasteiger partial charge < -0.3 is 19.0 Å². The number of halogens is 1. The molecule has 36 heavy (non-hydrogen) atoms. The van der Waals surface area contributed by atoms with Gasteiger partial charge in [0, 0.05) is 17.2 Å². The van der Waals surface area contributed by atoms with E-state index in [2.05, 4.69) is 5.32 Å². The van der Waals surface area contributed by atoms with Crippen LogP contribution in [0.3, 0.4) is 0 Å². The third kappa shape index (κ3) is 5.31. The van der Waals surface area contributed by atoms with Crippen molar-refractivity contribution in [3.8, 4) is 16.9 Å². The molecule has 0 radical (unpaired) electrons. The molecular weight excluding hydrogens is 500 g/mol. The zero-order valence-corrected chi connectivity index (χ0v) is 21.0. The predicted molar refractivity (Wildman–Crippen MR) is 138 cm³/mol. The molecule has 2 heterocycles. The highest BCUT2D eigenvalue weighted by atomic mass is 35.5. The van der Waals surface area contributed by atoms with Crippen LogP contribution in [0.4, 0.5) is 5.69 Å². The minimum absolute atomic E-state index is 0.0326.